The Labute approximate surface area is 181 Å². The van der Waals surface area contributed by atoms with E-state index in [1.165, 1.54) is 19.2 Å². The zero-order valence-corrected chi connectivity index (χ0v) is 17.3. The van der Waals surface area contributed by atoms with E-state index in [1.807, 2.05) is 18.0 Å². The first-order valence-electron chi connectivity index (χ1n) is 9.94. The molecular formula is C22H20FN3O6. The Kier molecular flexibility index (Phi) is 4.66. The summed E-state index contributed by atoms with van der Waals surface area (Å²) in [5.74, 6) is 0.361. The lowest BCUT2D eigenvalue weighted by Gasteiger charge is -2.35. The number of nitrogens with zero attached hydrogens (tertiary/aromatic N) is 2. The maximum Gasteiger partial charge on any atom is 0.335 e. The van der Waals surface area contributed by atoms with E-state index < -0.39 is 29.0 Å². The number of benzene rings is 2. The smallest absolute Gasteiger partial charge is 0.335 e. The Morgan fingerprint density at radius 2 is 1.94 bits per heavy atom. The zero-order valence-electron chi connectivity index (χ0n) is 17.3. The average molecular weight is 441 g/mol. The van der Waals surface area contributed by atoms with Crippen molar-refractivity contribution < 1.29 is 23.7 Å². The Balaban J connectivity index is 1.78. The molecule has 10 heteroatoms. The first kappa shape index (κ1) is 20.1. The van der Waals surface area contributed by atoms with E-state index in [2.05, 4.69) is 4.98 Å². The summed E-state index contributed by atoms with van der Waals surface area (Å²) in [4.78, 5) is 29.7. The molecule has 3 heterocycles. The number of aromatic amines is 1. The quantitative estimate of drug-likeness (QED) is 0.637. The van der Waals surface area contributed by atoms with Gasteiger partial charge in [0.1, 0.15) is 5.82 Å². The number of nitrogens with one attached hydrogen (secondary N) is 1. The minimum Gasteiger partial charge on any atom is -0.494 e. The van der Waals surface area contributed by atoms with E-state index in [4.69, 9.17) is 14.2 Å². The fourth-order valence-electron chi connectivity index (χ4n) is 4.41. The number of ether oxygens (including phenoxy) is 3. The molecule has 0 aliphatic carbocycles. The molecular weight excluding hydrogens is 421 g/mol. The second kappa shape index (κ2) is 7.41. The third-order valence-corrected chi connectivity index (χ3v) is 5.87. The Morgan fingerprint density at radius 1 is 1.19 bits per heavy atom. The van der Waals surface area contributed by atoms with Crippen molar-refractivity contribution in [3.05, 3.63) is 73.7 Å². The monoisotopic (exact) mass is 441 g/mol. The van der Waals surface area contributed by atoms with Gasteiger partial charge >= 0.3 is 5.69 Å². The van der Waals surface area contributed by atoms with Crippen LogP contribution in [0.15, 0.2) is 39.9 Å². The highest BCUT2D eigenvalue weighted by molar-refractivity contribution is 5.63. The largest absolute Gasteiger partial charge is 0.494 e. The predicted molar refractivity (Wildman–Crippen MR) is 112 cm³/mol. The summed E-state index contributed by atoms with van der Waals surface area (Å²) in [7, 11) is 3.30. The van der Waals surface area contributed by atoms with Gasteiger partial charge in [-0.05, 0) is 49.4 Å². The van der Waals surface area contributed by atoms with Gasteiger partial charge in [0.15, 0.2) is 11.5 Å². The lowest BCUT2D eigenvalue weighted by molar-refractivity contribution is 0.170. The number of likely N-dealkylation sites (N-methyl/N-ethyl adjacent to an activating group) is 1. The molecule has 1 atom stereocenters. The molecule has 0 fully saturated rings. The van der Waals surface area contributed by atoms with E-state index in [0.29, 0.717) is 35.8 Å². The van der Waals surface area contributed by atoms with Crippen LogP contribution in [0, 0.1) is 5.82 Å². The molecule has 0 saturated carbocycles. The number of aromatic nitrogens is 2. The summed E-state index contributed by atoms with van der Waals surface area (Å²) in [6.07, 6.45) is 0.658. The number of rotatable bonds is 3. The first-order chi connectivity index (χ1) is 15.4. The molecule has 9 nitrogen and oxygen atoms in total. The van der Waals surface area contributed by atoms with Gasteiger partial charge in [0.2, 0.25) is 18.4 Å². The average Bonchev–Trinajstić information content (AvgIpc) is 3.23. The lowest BCUT2D eigenvalue weighted by atomic mass is 9.87. The minimum atomic E-state index is -0.834. The molecule has 32 heavy (non-hydrogen) atoms. The highest BCUT2D eigenvalue weighted by Gasteiger charge is 2.38. The summed E-state index contributed by atoms with van der Waals surface area (Å²) in [6, 6.07) is 6.13. The Hall–Kier alpha value is -3.79. The van der Waals surface area contributed by atoms with Crippen LogP contribution in [0.3, 0.4) is 0 Å². The summed E-state index contributed by atoms with van der Waals surface area (Å²) in [6.45, 7) is 0.630. The molecule has 0 unspecified atom stereocenters. The summed E-state index contributed by atoms with van der Waals surface area (Å²) < 4.78 is 31.1. The molecule has 0 spiro atoms. The molecule has 1 aromatic heterocycles. The number of fused-ring (bicyclic) bond motifs is 2. The molecule has 2 aromatic carbocycles. The fraction of sp³-hybridized carbons (Fsp3) is 0.273. The molecule has 0 bridgehead atoms. The van der Waals surface area contributed by atoms with Crippen LogP contribution in [0.25, 0.3) is 5.69 Å². The van der Waals surface area contributed by atoms with E-state index in [1.54, 1.807) is 0 Å². The van der Waals surface area contributed by atoms with Crippen molar-refractivity contribution in [3.63, 3.8) is 0 Å². The van der Waals surface area contributed by atoms with Gasteiger partial charge in [-0.25, -0.2) is 13.8 Å². The maximum atomic E-state index is 13.4. The van der Waals surface area contributed by atoms with Crippen molar-refractivity contribution in [3.8, 4) is 28.8 Å². The second-order valence-corrected chi connectivity index (χ2v) is 7.66. The molecule has 0 radical (unpaired) electrons. The lowest BCUT2D eigenvalue weighted by Crippen LogP contribution is -2.39. The van der Waals surface area contributed by atoms with Gasteiger partial charge in [-0.1, -0.05) is 0 Å². The minimum absolute atomic E-state index is 0.0328. The number of methoxy groups -OCH3 is 1. The van der Waals surface area contributed by atoms with Crippen LogP contribution in [0.1, 0.15) is 22.7 Å². The van der Waals surface area contributed by atoms with Crippen LogP contribution >= 0.6 is 0 Å². The van der Waals surface area contributed by atoms with Crippen molar-refractivity contribution in [1.82, 2.24) is 14.5 Å². The van der Waals surface area contributed by atoms with Crippen molar-refractivity contribution in [1.29, 1.82) is 0 Å². The molecule has 3 aromatic rings. The van der Waals surface area contributed by atoms with Gasteiger partial charge in [-0.15, -0.1) is 0 Å². The standard InChI is InChI=1S/C22H20FN3O6/c1-25-8-7-11-9-14-18(32-10-31-14)19(30-2)15(11)17(25)16-20(27)24-22(29)26(21(16)28)13-5-3-12(23)4-6-13/h3-6,9,17,28H,7-8,10H2,1-2H3,(H,24,27,29)/t17-/m1/s1. The molecule has 0 saturated heterocycles. The van der Waals surface area contributed by atoms with Crippen molar-refractivity contribution in [2.24, 2.45) is 0 Å². The van der Waals surface area contributed by atoms with E-state index in [0.717, 1.165) is 22.3 Å². The van der Waals surface area contributed by atoms with Crippen molar-refractivity contribution in [2.75, 3.05) is 27.5 Å². The third kappa shape index (κ3) is 2.94. The third-order valence-electron chi connectivity index (χ3n) is 5.87. The summed E-state index contributed by atoms with van der Waals surface area (Å²) >= 11 is 0. The van der Waals surface area contributed by atoms with E-state index in [-0.39, 0.29) is 18.0 Å². The van der Waals surface area contributed by atoms with Gasteiger partial charge in [0.25, 0.3) is 5.56 Å². The van der Waals surface area contributed by atoms with Gasteiger partial charge in [-0.2, -0.15) is 0 Å². The molecule has 166 valence electrons. The molecule has 2 N–H and O–H groups in total. The SMILES string of the molecule is COc1c2c(cc3c1[C@H](c1c(O)n(-c4ccc(F)cc4)c(=O)[nH]c1=O)N(C)CC3)OCO2. The highest BCUT2D eigenvalue weighted by atomic mass is 19.1. The first-order valence-corrected chi connectivity index (χ1v) is 9.94. The van der Waals surface area contributed by atoms with Crippen LogP contribution in [-0.2, 0) is 6.42 Å². The number of halogens is 1. The van der Waals surface area contributed by atoms with Crippen molar-refractivity contribution in [2.45, 2.75) is 12.5 Å². The number of aromatic hydroxyl groups is 1. The molecule has 2 aliphatic heterocycles. The Morgan fingerprint density at radius 3 is 2.66 bits per heavy atom. The van der Waals surface area contributed by atoms with Gasteiger partial charge in [-0.3, -0.25) is 14.7 Å². The second-order valence-electron chi connectivity index (χ2n) is 7.66. The van der Waals surface area contributed by atoms with E-state index in [9.17, 15) is 19.1 Å². The zero-order chi connectivity index (χ0) is 22.6. The summed E-state index contributed by atoms with van der Waals surface area (Å²) in [5.41, 5.74) is 0.148. The predicted octanol–water partition coefficient (Wildman–Crippen LogP) is 1.69. The molecule has 5 rings (SSSR count). The molecule has 2 aliphatic rings. The van der Waals surface area contributed by atoms with Gasteiger partial charge in [0.05, 0.1) is 24.4 Å². The number of H-pyrrole nitrogens is 1. The van der Waals surface area contributed by atoms with Crippen LogP contribution in [0.5, 0.6) is 23.1 Å². The normalized spacial score (nSPS) is 17.3. The van der Waals surface area contributed by atoms with Gasteiger partial charge < -0.3 is 19.3 Å². The molecule has 0 amide bonds. The maximum absolute atomic E-state index is 13.4. The summed E-state index contributed by atoms with van der Waals surface area (Å²) in [5, 5.41) is 11.2. The Bertz CT molecular complexity index is 1330. The number of hydrogen-bond acceptors (Lipinski definition) is 7. The van der Waals surface area contributed by atoms with Crippen molar-refractivity contribution >= 4 is 0 Å². The van der Waals surface area contributed by atoms with Gasteiger partial charge in [0, 0.05) is 12.1 Å². The van der Waals surface area contributed by atoms with Crippen LogP contribution in [0.2, 0.25) is 0 Å². The van der Waals surface area contributed by atoms with Crippen LogP contribution in [0.4, 0.5) is 4.39 Å². The fourth-order valence-corrected chi connectivity index (χ4v) is 4.41. The van der Waals surface area contributed by atoms with E-state index >= 15 is 0 Å². The van der Waals surface area contributed by atoms with Crippen LogP contribution < -0.4 is 25.5 Å². The topological polar surface area (TPSA) is 106 Å². The van der Waals surface area contributed by atoms with Crippen LogP contribution in [-0.4, -0.2) is 47.1 Å². The number of hydrogen-bond donors (Lipinski definition) is 2. The highest BCUT2D eigenvalue weighted by Crippen LogP contribution is 2.51.